The van der Waals surface area contributed by atoms with Gasteiger partial charge >= 0.3 is 0 Å². The molecule has 112 valence electrons. The molecule has 1 saturated heterocycles. The molecule has 0 aliphatic carbocycles. The molecule has 0 spiro atoms. The fourth-order valence-corrected chi connectivity index (χ4v) is 3.20. The highest BCUT2D eigenvalue weighted by atomic mass is 15.2. The van der Waals surface area contributed by atoms with Crippen molar-refractivity contribution in [2.45, 2.75) is 52.5 Å². The van der Waals surface area contributed by atoms with Crippen molar-refractivity contribution in [2.24, 2.45) is 11.1 Å². The quantitative estimate of drug-likeness (QED) is 0.886. The fraction of sp³-hybridized carbons (Fsp3) is 0.667. The lowest BCUT2D eigenvalue weighted by molar-refractivity contribution is 0.0829. The molecule has 1 atom stereocenters. The molecule has 1 fully saturated rings. The summed E-state index contributed by atoms with van der Waals surface area (Å²) in [4.78, 5) is 2.58. The van der Waals surface area contributed by atoms with Crippen molar-refractivity contribution in [3.8, 4) is 0 Å². The van der Waals surface area contributed by atoms with Crippen LogP contribution < -0.4 is 5.73 Å². The van der Waals surface area contributed by atoms with Gasteiger partial charge < -0.3 is 5.73 Å². The minimum atomic E-state index is 0.391. The van der Waals surface area contributed by atoms with Crippen LogP contribution in [0.2, 0.25) is 0 Å². The van der Waals surface area contributed by atoms with Crippen LogP contribution in [-0.2, 0) is 6.42 Å². The molecule has 2 rings (SSSR count). The third-order valence-corrected chi connectivity index (χ3v) is 5.30. The molecule has 2 nitrogen and oxygen atoms in total. The molecule has 0 saturated carbocycles. The molecule has 0 amide bonds. The van der Waals surface area contributed by atoms with Crippen molar-refractivity contribution < 1.29 is 0 Å². The van der Waals surface area contributed by atoms with Crippen LogP contribution in [0.25, 0.3) is 0 Å². The molecule has 1 unspecified atom stereocenters. The molecule has 1 aliphatic heterocycles. The Labute approximate surface area is 124 Å². The van der Waals surface area contributed by atoms with E-state index in [0.29, 0.717) is 18.0 Å². The van der Waals surface area contributed by atoms with E-state index in [4.69, 9.17) is 5.73 Å². The first-order chi connectivity index (χ1) is 9.61. The van der Waals surface area contributed by atoms with Crippen molar-refractivity contribution in [3.63, 3.8) is 0 Å². The monoisotopic (exact) mass is 274 g/mol. The van der Waals surface area contributed by atoms with Crippen LogP contribution in [-0.4, -0.2) is 24.5 Å². The second-order valence-corrected chi connectivity index (χ2v) is 6.55. The molecule has 2 N–H and O–H groups in total. The lowest BCUT2D eigenvalue weighted by atomic mass is 9.78. The number of hydrogen-bond donors (Lipinski definition) is 1. The van der Waals surface area contributed by atoms with Crippen LogP contribution in [0.3, 0.4) is 0 Å². The Bertz CT molecular complexity index is 402. The first-order valence-corrected chi connectivity index (χ1v) is 8.15. The number of benzene rings is 1. The zero-order valence-corrected chi connectivity index (χ0v) is 13.4. The van der Waals surface area contributed by atoms with Crippen molar-refractivity contribution in [1.82, 2.24) is 4.90 Å². The maximum atomic E-state index is 6.06. The second kappa shape index (κ2) is 6.73. The Balaban J connectivity index is 2.05. The maximum Gasteiger partial charge on any atom is 0.0470 e. The van der Waals surface area contributed by atoms with E-state index in [1.165, 1.54) is 43.5 Å². The van der Waals surface area contributed by atoms with Gasteiger partial charge in [-0.3, -0.25) is 4.90 Å². The van der Waals surface area contributed by atoms with E-state index >= 15 is 0 Å². The van der Waals surface area contributed by atoms with Gasteiger partial charge in [0.05, 0.1) is 0 Å². The predicted octanol–water partition coefficient (Wildman–Crippen LogP) is 3.76. The summed E-state index contributed by atoms with van der Waals surface area (Å²) in [5.41, 5.74) is 9.39. The Morgan fingerprint density at radius 1 is 1.15 bits per heavy atom. The third-order valence-electron chi connectivity index (χ3n) is 5.30. The van der Waals surface area contributed by atoms with E-state index in [9.17, 15) is 0 Å². The van der Waals surface area contributed by atoms with Gasteiger partial charge in [-0.25, -0.2) is 0 Å². The number of hydrogen-bond acceptors (Lipinski definition) is 2. The average Bonchev–Trinajstić information content (AvgIpc) is 2.51. The van der Waals surface area contributed by atoms with E-state index < -0.39 is 0 Å². The van der Waals surface area contributed by atoms with E-state index in [0.717, 1.165) is 6.42 Å². The first kappa shape index (κ1) is 15.5. The minimum absolute atomic E-state index is 0.391. The molecule has 1 aromatic rings. The van der Waals surface area contributed by atoms with Crippen molar-refractivity contribution in [2.75, 3.05) is 19.6 Å². The highest BCUT2D eigenvalue weighted by molar-refractivity contribution is 5.25. The molecule has 1 aromatic carbocycles. The summed E-state index contributed by atoms with van der Waals surface area (Å²) in [6.07, 6.45) is 4.99. The molecule has 0 aromatic heterocycles. The molecule has 0 radical (unpaired) electrons. The smallest absolute Gasteiger partial charge is 0.0470 e. The van der Waals surface area contributed by atoms with Gasteiger partial charge in [-0.05, 0) is 48.9 Å². The number of aryl methyl sites for hydroxylation is 1. The van der Waals surface area contributed by atoms with E-state index in [1.54, 1.807) is 0 Å². The van der Waals surface area contributed by atoms with Crippen LogP contribution in [0.15, 0.2) is 24.3 Å². The molecule has 1 heterocycles. The highest BCUT2D eigenvalue weighted by Crippen LogP contribution is 2.36. The van der Waals surface area contributed by atoms with Gasteiger partial charge in [-0.15, -0.1) is 0 Å². The molecule has 1 aliphatic rings. The topological polar surface area (TPSA) is 29.3 Å². The molecular formula is C18H30N2. The van der Waals surface area contributed by atoms with Gasteiger partial charge in [0.1, 0.15) is 0 Å². The molecule has 0 bridgehead atoms. The second-order valence-electron chi connectivity index (χ2n) is 6.55. The van der Waals surface area contributed by atoms with Crippen LogP contribution in [0.4, 0.5) is 0 Å². The first-order valence-electron chi connectivity index (χ1n) is 8.15. The van der Waals surface area contributed by atoms with Crippen LogP contribution in [0, 0.1) is 5.41 Å². The van der Waals surface area contributed by atoms with Gasteiger partial charge in [-0.2, -0.15) is 0 Å². The van der Waals surface area contributed by atoms with Crippen LogP contribution in [0.5, 0.6) is 0 Å². The lowest BCUT2D eigenvalue weighted by Crippen LogP contribution is -2.42. The van der Waals surface area contributed by atoms with Crippen molar-refractivity contribution >= 4 is 0 Å². The van der Waals surface area contributed by atoms with Gasteiger partial charge in [-0.1, -0.05) is 51.5 Å². The third kappa shape index (κ3) is 3.42. The molecular weight excluding hydrogens is 244 g/mol. The number of nitrogens with two attached hydrogens (primary N) is 1. The summed E-state index contributed by atoms with van der Waals surface area (Å²) < 4.78 is 0. The summed E-state index contributed by atoms with van der Waals surface area (Å²) in [5.74, 6) is 0. The minimum Gasteiger partial charge on any atom is -0.329 e. The zero-order chi connectivity index (χ0) is 14.6. The van der Waals surface area contributed by atoms with Gasteiger partial charge in [0.2, 0.25) is 0 Å². The summed E-state index contributed by atoms with van der Waals surface area (Å²) in [6, 6.07) is 9.42. The van der Waals surface area contributed by atoms with Crippen LogP contribution >= 0.6 is 0 Å². The maximum absolute atomic E-state index is 6.06. The fourth-order valence-electron chi connectivity index (χ4n) is 3.20. The van der Waals surface area contributed by atoms with Gasteiger partial charge in [0.15, 0.2) is 0 Å². The predicted molar refractivity (Wildman–Crippen MR) is 86.8 cm³/mol. The Hall–Kier alpha value is -0.860. The molecule has 20 heavy (non-hydrogen) atoms. The summed E-state index contributed by atoms with van der Waals surface area (Å²) in [7, 11) is 0. The Morgan fingerprint density at radius 3 is 2.20 bits per heavy atom. The standard InChI is InChI=1S/C18H30N2/c1-4-15-6-8-16(9-7-15)17(14-19)20-12-10-18(3,5-2)11-13-20/h6-9,17H,4-5,10-14,19H2,1-3H3. The zero-order valence-electron chi connectivity index (χ0n) is 13.4. The number of rotatable bonds is 5. The molecule has 2 heteroatoms. The van der Waals surface area contributed by atoms with Gasteiger partial charge in [0.25, 0.3) is 0 Å². The number of piperidine rings is 1. The van der Waals surface area contributed by atoms with E-state index in [-0.39, 0.29) is 0 Å². The normalized spacial score (nSPS) is 20.8. The average molecular weight is 274 g/mol. The number of likely N-dealkylation sites (tertiary alicyclic amines) is 1. The summed E-state index contributed by atoms with van der Waals surface area (Å²) in [5, 5.41) is 0. The summed E-state index contributed by atoms with van der Waals surface area (Å²) in [6.45, 7) is 10.0. The van der Waals surface area contributed by atoms with Crippen molar-refractivity contribution in [1.29, 1.82) is 0 Å². The SMILES string of the molecule is CCc1ccc(C(CN)N2CCC(C)(CC)CC2)cc1. The highest BCUT2D eigenvalue weighted by Gasteiger charge is 2.31. The van der Waals surface area contributed by atoms with Crippen molar-refractivity contribution in [3.05, 3.63) is 35.4 Å². The van der Waals surface area contributed by atoms with Gasteiger partial charge in [0, 0.05) is 12.6 Å². The largest absolute Gasteiger partial charge is 0.329 e. The number of nitrogens with zero attached hydrogens (tertiary/aromatic N) is 1. The van der Waals surface area contributed by atoms with E-state index in [1.807, 2.05) is 0 Å². The Morgan fingerprint density at radius 2 is 1.75 bits per heavy atom. The Kier molecular flexibility index (Phi) is 5.22. The summed E-state index contributed by atoms with van der Waals surface area (Å²) >= 11 is 0. The van der Waals surface area contributed by atoms with E-state index in [2.05, 4.69) is 49.9 Å². The van der Waals surface area contributed by atoms with Crippen LogP contribution in [0.1, 0.15) is 57.2 Å². The lowest BCUT2D eigenvalue weighted by Gasteiger charge is -2.42.